The molecule has 2 nitrogen and oxygen atoms in total. The molecule has 0 spiro atoms. The number of benzene rings is 1. The van der Waals surface area contributed by atoms with Crippen molar-refractivity contribution in [1.82, 2.24) is 4.98 Å². The van der Waals surface area contributed by atoms with Gasteiger partial charge in [-0.05, 0) is 48.4 Å². The Morgan fingerprint density at radius 1 is 1.19 bits per heavy atom. The van der Waals surface area contributed by atoms with Crippen LogP contribution in [0.5, 0.6) is 0 Å². The zero-order valence-corrected chi connectivity index (χ0v) is 13.0. The van der Waals surface area contributed by atoms with E-state index < -0.39 is 0 Å². The molecule has 112 valence electrons. The average molecular weight is 282 g/mol. The van der Waals surface area contributed by atoms with Gasteiger partial charge in [0.05, 0.1) is 5.52 Å². The second-order valence-corrected chi connectivity index (χ2v) is 6.55. The van der Waals surface area contributed by atoms with Crippen molar-refractivity contribution >= 4 is 10.9 Å². The Labute approximate surface area is 127 Å². The van der Waals surface area contributed by atoms with Gasteiger partial charge in [-0.15, -0.1) is 0 Å². The first-order valence-corrected chi connectivity index (χ1v) is 8.38. The normalized spacial score (nSPS) is 24.1. The molecular weight excluding hydrogens is 256 g/mol. The fourth-order valence-corrected chi connectivity index (χ4v) is 3.82. The number of pyridine rings is 1. The maximum absolute atomic E-state index is 6.56. The molecule has 1 fully saturated rings. The summed E-state index contributed by atoms with van der Waals surface area (Å²) < 4.78 is 0. The lowest BCUT2D eigenvalue weighted by molar-refractivity contribution is 0.234. The van der Waals surface area contributed by atoms with Gasteiger partial charge in [0.25, 0.3) is 0 Å². The minimum atomic E-state index is 0.178. The van der Waals surface area contributed by atoms with Crippen molar-refractivity contribution in [2.75, 3.05) is 0 Å². The largest absolute Gasteiger partial charge is 0.324 e. The minimum absolute atomic E-state index is 0.178. The summed E-state index contributed by atoms with van der Waals surface area (Å²) >= 11 is 0. The van der Waals surface area contributed by atoms with E-state index in [-0.39, 0.29) is 6.04 Å². The zero-order valence-electron chi connectivity index (χ0n) is 13.0. The van der Waals surface area contributed by atoms with Gasteiger partial charge in [0.1, 0.15) is 0 Å². The summed E-state index contributed by atoms with van der Waals surface area (Å²) in [5.41, 5.74) is 8.89. The molecule has 1 aromatic heterocycles. The van der Waals surface area contributed by atoms with Crippen LogP contribution in [0.25, 0.3) is 10.9 Å². The Morgan fingerprint density at radius 2 is 2.00 bits per heavy atom. The summed E-state index contributed by atoms with van der Waals surface area (Å²) in [4.78, 5) is 4.38. The number of nitrogens with zero attached hydrogens (tertiary/aromatic N) is 1. The third-order valence-electron chi connectivity index (χ3n) is 5.11. The summed E-state index contributed by atoms with van der Waals surface area (Å²) in [6, 6.07) is 10.8. The number of hydrogen-bond acceptors (Lipinski definition) is 2. The quantitative estimate of drug-likeness (QED) is 0.871. The number of aromatic nitrogens is 1. The molecule has 1 aromatic carbocycles. The topological polar surface area (TPSA) is 38.9 Å². The molecule has 21 heavy (non-hydrogen) atoms. The molecule has 3 rings (SSSR count). The zero-order chi connectivity index (χ0) is 14.7. The summed E-state index contributed by atoms with van der Waals surface area (Å²) in [5, 5.41) is 1.20. The highest BCUT2D eigenvalue weighted by atomic mass is 14.7. The van der Waals surface area contributed by atoms with E-state index in [1.165, 1.54) is 49.5 Å². The van der Waals surface area contributed by atoms with E-state index in [0.29, 0.717) is 5.92 Å². The van der Waals surface area contributed by atoms with E-state index in [4.69, 9.17) is 5.73 Å². The molecule has 0 amide bonds. The van der Waals surface area contributed by atoms with Gasteiger partial charge in [0, 0.05) is 17.6 Å². The SMILES string of the molecule is CCCC1CCC(C(N)c2ccc3ncccc3c2)CC1. The van der Waals surface area contributed by atoms with Gasteiger partial charge in [0.2, 0.25) is 0 Å². The fourth-order valence-electron chi connectivity index (χ4n) is 3.82. The monoisotopic (exact) mass is 282 g/mol. The molecule has 1 aliphatic carbocycles. The fraction of sp³-hybridized carbons (Fsp3) is 0.526. The third-order valence-corrected chi connectivity index (χ3v) is 5.11. The Kier molecular flexibility index (Phi) is 4.54. The third kappa shape index (κ3) is 3.26. The highest BCUT2D eigenvalue weighted by Crippen LogP contribution is 2.37. The maximum Gasteiger partial charge on any atom is 0.0702 e. The first-order valence-electron chi connectivity index (χ1n) is 8.38. The van der Waals surface area contributed by atoms with E-state index in [0.717, 1.165) is 11.4 Å². The van der Waals surface area contributed by atoms with Crippen LogP contribution in [0.4, 0.5) is 0 Å². The van der Waals surface area contributed by atoms with E-state index in [2.05, 4.69) is 36.2 Å². The molecule has 2 heteroatoms. The molecule has 0 saturated heterocycles. The van der Waals surface area contributed by atoms with Gasteiger partial charge in [-0.25, -0.2) is 0 Å². The smallest absolute Gasteiger partial charge is 0.0702 e. The lowest BCUT2D eigenvalue weighted by Crippen LogP contribution is -2.26. The Balaban J connectivity index is 1.70. The van der Waals surface area contributed by atoms with Crippen LogP contribution < -0.4 is 5.73 Å². The standard InChI is InChI=1S/C19H26N2/c1-2-4-14-6-8-15(9-7-14)19(20)17-10-11-18-16(13-17)5-3-12-21-18/h3,5,10-15,19H,2,4,6-9,20H2,1H3. The van der Waals surface area contributed by atoms with Crippen LogP contribution in [-0.4, -0.2) is 4.98 Å². The molecule has 0 bridgehead atoms. The van der Waals surface area contributed by atoms with Gasteiger partial charge in [-0.3, -0.25) is 4.98 Å². The first-order chi connectivity index (χ1) is 10.3. The van der Waals surface area contributed by atoms with Gasteiger partial charge in [-0.2, -0.15) is 0 Å². The average Bonchev–Trinajstić information content (AvgIpc) is 2.55. The lowest BCUT2D eigenvalue weighted by atomic mass is 9.76. The molecule has 0 aliphatic heterocycles. The molecular formula is C19H26N2. The van der Waals surface area contributed by atoms with E-state index in [1.807, 2.05) is 12.3 Å². The van der Waals surface area contributed by atoms with Crippen LogP contribution in [0.15, 0.2) is 36.5 Å². The summed E-state index contributed by atoms with van der Waals surface area (Å²) in [5.74, 6) is 1.59. The summed E-state index contributed by atoms with van der Waals surface area (Å²) in [6.45, 7) is 2.29. The van der Waals surface area contributed by atoms with Crippen molar-refractivity contribution in [1.29, 1.82) is 0 Å². The van der Waals surface area contributed by atoms with Crippen LogP contribution in [-0.2, 0) is 0 Å². The van der Waals surface area contributed by atoms with Gasteiger partial charge in [0.15, 0.2) is 0 Å². The van der Waals surface area contributed by atoms with Crippen molar-refractivity contribution in [3.8, 4) is 0 Å². The Hall–Kier alpha value is -1.41. The second-order valence-electron chi connectivity index (χ2n) is 6.55. The molecule has 1 heterocycles. The molecule has 0 radical (unpaired) electrons. The predicted octanol–water partition coefficient (Wildman–Crippen LogP) is 4.84. The van der Waals surface area contributed by atoms with Crippen molar-refractivity contribution < 1.29 is 0 Å². The molecule has 1 saturated carbocycles. The summed E-state index contributed by atoms with van der Waals surface area (Å²) in [6.07, 6.45) is 9.86. The van der Waals surface area contributed by atoms with Crippen molar-refractivity contribution in [3.63, 3.8) is 0 Å². The van der Waals surface area contributed by atoms with E-state index in [9.17, 15) is 0 Å². The highest BCUT2D eigenvalue weighted by molar-refractivity contribution is 5.79. The van der Waals surface area contributed by atoms with Crippen molar-refractivity contribution in [3.05, 3.63) is 42.1 Å². The minimum Gasteiger partial charge on any atom is -0.324 e. The molecule has 1 atom stereocenters. The number of rotatable bonds is 4. The molecule has 2 aromatic rings. The number of nitrogens with two attached hydrogens (primary N) is 1. The van der Waals surface area contributed by atoms with Crippen LogP contribution in [0.3, 0.4) is 0 Å². The van der Waals surface area contributed by atoms with Gasteiger partial charge < -0.3 is 5.73 Å². The van der Waals surface area contributed by atoms with Crippen LogP contribution in [0.1, 0.15) is 57.1 Å². The van der Waals surface area contributed by atoms with Gasteiger partial charge in [-0.1, -0.05) is 44.7 Å². The number of hydrogen-bond donors (Lipinski definition) is 1. The lowest BCUT2D eigenvalue weighted by Gasteiger charge is -2.32. The summed E-state index contributed by atoms with van der Waals surface area (Å²) in [7, 11) is 0. The van der Waals surface area contributed by atoms with Crippen molar-refractivity contribution in [2.45, 2.75) is 51.5 Å². The molecule has 2 N–H and O–H groups in total. The van der Waals surface area contributed by atoms with Crippen molar-refractivity contribution in [2.24, 2.45) is 17.6 Å². The predicted molar refractivity (Wildman–Crippen MR) is 89.0 cm³/mol. The van der Waals surface area contributed by atoms with Gasteiger partial charge >= 0.3 is 0 Å². The second kappa shape index (κ2) is 6.57. The Morgan fingerprint density at radius 3 is 2.76 bits per heavy atom. The van der Waals surface area contributed by atoms with E-state index >= 15 is 0 Å². The first kappa shape index (κ1) is 14.5. The number of fused-ring (bicyclic) bond motifs is 1. The highest BCUT2D eigenvalue weighted by Gasteiger charge is 2.26. The molecule has 1 unspecified atom stereocenters. The molecule has 1 aliphatic rings. The Bertz CT molecular complexity index is 585. The maximum atomic E-state index is 6.56. The van der Waals surface area contributed by atoms with Crippen LogP contribution in [0.2, 0.25) is 0 Å². The van der Waals surface area contributed by atoms with E-state index in [1.54, 1.807) is 0 Å². The van der Waals surface area contributed by atoms with Crippen LogP contribution in [0, 0.1) is 11.8 Å². The van der Waals surface area contributed by atoms with Crippen LogP contribution >= 0.6 is 0 Å².